The number of nitriles is 6. The highest BCUT2D eigenvalue weighted by Crippen LogP contribution is 2.33. The van der Waals surface area contributed by atoms with Crippen LogP contribution in [0.25, 0.3) is 9.69 Å². The number of Topliss-reactive ketones (excluding diaryl/α,β-unsaturated/α-hetero) is 4. The maximum absolute atomic E-state index is 13.1. The Morgan fingerprint density at radius 1 is 0.395 bits per heavy atom. The summed E-state index contributed by atoms with van der Waals surface area (Å²) in [6.45, 7) is 23.4. The Morgan fingerprint density at radius 3 is 1.01 bits per heavy atom. The number of ether oxygens (including phenoxy) is 2. The van der Waals surface area contributed by atoms with E-state index in [-0.39, 0.29) is 113 Å². The molecule has 680 valence electrons. The zero-order valence-corrected chi connectivity index (χ0v) is 77.8. The highest BCUT2D eigenvalue weighted by molar-refractivity contribution is 7.95. The van der Waals surface area contributed by atoms with Crippen LogP contribution in [0.2, 0.25) is 0 Å². The Hall–Kier alpha value is -12.9. The summed E-state index contributed by atoms with van der Waals surface area (Å²) >= 11 is 0. The molecular weight excluding hydrogens is 1830 g/mol. The van der Waals surface area contributed by atoms with Gasteiger partial charge in [0, 0.05) is 51.7 Å². The van der Waals surface area contributed by atoms with E-state index >= 15 is 0 Å². The summed E-state index contributed by atoms with van der Waals surface area (Å²) < 4.78 is 221. The Kier molecular flexibility index (Phi) is 38.4. The molecule has 2 N–H and O–H groups in total. The lowest BCUT2D eigenvalue weighted by Crippen LogP contribution is -2.27. The number of sulfonamides is 4. The molecule has 0 saturated carbocycles. The van der Waals surface area contributed by atoms with E-state index in [1.54, 1.807) is 53.7 Å². The monoisotopic (exact) mass is 1920 g/mol. The van der Waals surface area contributed by atoms with Gasteiger partial charge in [0.2, 0.25) is 64.9 Å². The van der Waals surface area contributed by atoms with Crippen molar-refractivity contribution in [2.75, 3.05) is 79.5 Å². The number of nitrogens with one attached hydrogen (secondary N) is 2. The molecule has 0 aliphatic rings. The van der Waals surface area contributed by atoms with Crippen LogP contribution >= 0.6 is 0 Å². The van der Waals surface area contributed by atoms with Crippen LogP contribution < -0.4 is 18.9 Å². The fourth-order valence-electron chi connectivity index (χ4n) is 12.3. The summed E-state index contributed by atoms with van der Waals surface area (Å²) in [6, 6.07) is 32.6. The van der Waals surface area contributed by atoms with Gasteiger partial charge >= 0.3 is 0 Å². The topological polar surface area (TPSA) is 593 Å². The molecule has 0 spiro atoms. The third kappa shape index (κ3) is 27.6. The van der Waals surface area contributed by atoms with E-state index in [1.165, 1.54) is 90.9 Å². The van der Waals surface area contributed by atoms with Gasteiger partial charge in [-0.1, -0.05) is 43.8 Å². The first-order valence-electron chi connectivity index (χ1n) is 36.9. The fourth-order valence-corrected chi connectivity index (χ4v) is 24.6. The number of carbonyl (C=O) groups excluding carboxylic acids is 4. The number of aryl methyl sites for hydroxylation is 6. The number of methoxy groups -OCH3 is 2. The van der Waals surface area contributed by atoms with E-state index in [9.17, 15) is 108 Å². The molecule has 0 amide bonds. The number of hydrogen-bond donors (Lipinski definition) is 2. The zero-order valence-electron chi connectivity index (χ0n) is 71.2. The van der Waals surface area contributed by atoms with Gasteiger partial charge in [-0.2, -0.15) is 31.6 Å². The van der Waals surface area contributed by atoms with Crippen molar-refractivity contribution in [3.05, 3.63) is 221 Å². The van der Waals surface area contributed by atoms with Gasteiger partial charge in [-0.15, -0.1) is 0 Å². The van der Waals surface area contributed by atoms with Crippen molar-refractivity contribution in [2.24, 2.45) is 0 Å². The average Bonchev–Trinajstić information content (AvgIpc) is 0.767. The van der Waals surface area contributed by atoms with Crippen LogP contribution in [0.5, 0.6) is 11.8 Å². The maximum atomic E-state index is 13.1. The Bertz CT molecular complexity index is 6910. The van der Waals surface area contributed by atoms with Crippen molar-refractivity contribution in [3.63, 3.8) is 0 Å². The minimum Gasteiger partial charge on any atom is -0.481 e. The number of pyridine rings is 4. The largest absolute Gasteiger partial charge is 0.481 e. The number of rotatable bonds is 34. The molecule has 0 saturated heterocycles. The van der Waals surface area contributed by atoms with Gasteiger partial charge in [-0.25, -0.2) is 109 Å². The molecule has 4 heterocycles. The van der Waals surface area contributed by atoms with Crippen LogP contribution in [0, 0.1) is 123 Å². The third-order valence-electron chi connectivity index (χ3n) is 18.2. The second-order valence-corrected chi connectivity index (χ2v) is 43.8. The second-order valence-electron chi connectivity index (χ2n) is 28.1. The Balaban J connectivity index is 0.000000359. The molecule has 8 rings (SSSR count). The van der Waals surface area contributed by atoms with Crippen LogP contribution in [-0.4, -0.2) is 199 Å². The number of carbonyl (C=O) groups is 4. The summed E-state index contributed by atoms with van der Waals surface area (Å²) in [5, 5.41) is 55.2. The summed E-state index contributed by atoms with van der Waals surface area (Å²) in [5.74, 6) is -6.68. The van der Waals surface area contributed by atoms with Crippen LogP contribution in [0.1, 0.15) is 108 Å². The number of aromatic nitrogens is 4. The van der Waals surface area contributed by atoms with E-state index in [2.05, 4.69) is 39.1 Å². The van der Waals surface area contributed by atoms with Crippen LogP contribution in [0.3, 0.4) is 0 Å². The van der Waals surface area contributed by atoms with Crippen molar-refractivity contribution in [1.29, 1.82) is 31.6 Å². The molecule has 0 bridgehead atoms. The maximum Gasteiger partial charge on any atom is 0.244 e. The summed E-state index contributed by atoms with van der Waals surface area (Å²) in [4.78, 5) is 69.2. The number of benzene rings is 4. The predicted molar refractivity (Wildman–Crippen MR) is 466 cm³/mol. The van der Waals surface area contributed by atoms with E-state index in [4.69, 9.17) is 33.1 Å². The molecule has 129 heavy (non-hydrogen) atoms. The molecule has 8 aromatic rings. The molecule has 0 radical (unpaired) electrons. The Morgan fingerprint density at radius 2 is 0.698 bits per heavy atom. The minimum absolute atomic E-state index is 0. The molecule has 0 fully saturated rings. The van der Waals surface area contributed by atoms with E-state index < -0.39 is 184 Å². The minimum atomic E-state index is -4.42. The summed E-state index contributed by atoms with van der Waals surface area (Å²) in [7, 11) is -24.3. The van der Waals surface area contributed by atoms with Crippen LogP contribution in [-0.2, 0) is 150 Å². The number of ketones is 4. The first kappa shape index (κ1) is 108. The third-order valence-corrected chi connectivity index (χ3v) is 32.5. The Labute approximate surface area is 751 Å². The van der Waals surface area contributed by atoms with Gasteiger partial charge in [-0.3, -0.25) is 29.1 Å². The normalized spacial score (nSPS) is 11.5. The number of nitrogens with zero attached hydrogens (tertiary/aromatic N) is 14. The van der Waals surface area contributed by atoms with Crippen molar-refractivity contribution >= 4 is 103 Å². The van der Waals surface area contributed by atoms with Gasteiger partial charge < -0.3 is 19.2 Å². The van der Waals surface area contributed by atoms with Gasteiger partial charge in [0.1, 0.15) is 66.9 Å². The quantitative estimate of drug-likeness (QED) is 0.0440. The lowest BCUT2D eigenvalue weighted by molar-refractivity contribution is -0.117. The van der Waals surface area contributed by atoms with Gasteiger partial charge in [0.15, 0.2) is 62.5 Å². The highest BCUT2D eigenvalue weighted by Gasteiger charge is 2.37. The second kappa shape index (κ2) is 45.7. The van der Waals surface area contributed by atoms with Crippen LogP contribution in [0.15, 0.2) is 136 Å². The van der Waals surface area contributed by atoms with Gasteiger partial charge in [-0.05, 0) is 138 Å². The molecular formula is C83H88N16O22S8. The van der Waals surface area contributed by atoms with E-state index in [0.717, 1.165) is 59.1 Å². The molecule has 0 atom stereocenters. The summed E-state index contributed by atoms with van der Waals surface area (Å²) in [6.07, 6.45) is -1.98. The van der Waals surface area contributed by atoms with Crippen molar-refractivity contribution in [1.82, 2.24) is 38.0 Å². The van der Waals surface area contributed by atoms with Crippen molar-refractivity contribution in [3.8, 4) is 48.2 Å². The zero-order chi connectivity index (χ0) is 96.7. The highest BCUT2D eigenvalue weighted by atomic mass is 32.2. The van der Waals surface area contributed by atoms with Crippen molar-refractivity contribution < 1.29 is 96.0 Å². The number of hydrogen-bond acceptors (Lipinski definition) is 32. The lowest BCUT2D eigenvalue weighted by atomic mass is 10.0. The molecule has 0 aliphatic carbocycles. The molecule has 46 heteroatoms. The molecule has 38 nitrogen and oxygen atoms in total. The fraction of sp³-hybridized carbons (Fsp3) is 0.325. The van der Waals surface area contributed by atoms with E-state index in [0.29, 0.717) is 39.2 Å². The standard InChI is InChI=1S/2C21H22N4O6S2.2C20H20N4O5S2.CH4/c1-14-9-20(31-5)24-18(17(14)11-22)10-16(26)13-32(27,28)19-8-6-7-15(12-23-2)21(19)33(29,30)25(3)4;1-14-9-21(31-4)24-18(17(14)12-23)11-16(26)13-32(27,28)20-10-15(7-8-22)5-6-19(20)33(29,30)25(2)3;1-13-8-14(2)24-18(17(13)10-21)9-16(25)12-30(26,27)19-7-5-6-15(11-22-3)20(19)31(28,29)23-4;1-13-8-14(2)24-18(17(13)11-22)10-16(25)12-30(26,27)20-9-15(6-7-21)4-5-19(20)31(28,29)23-3;/h6-9H,10,12-13H2,1,3-5H3;5-6,9-10H,7,11,13H2,1-4H3;5-8,23H,9,11-12H2,1-2,4H3;4-5,8-9,23H,6,10,12H2,1-3H3;1H4. The number of sulfone groups is 4. The average molecular weight is 1920 g/mol. The molecule has 4 aromatic carbocycles. The van der Waals surface area contributed by atoms with Crippen molar-refractivity contribution in [2.45, 2.75) is 140 Å². The molecule has 0 unspecified atom stereocenters. The molecule has 4 aromatic heterocycles. The van der Waals surface area contributed by atoms with Crippen LogP contribution in [0.4, 0.5) is 0 Å². The summed E-state index contributed by atoms with van der Waals surface area (Å²) in [5.41, 5.74) is 5.18. The predicted octanol–water partition coefficient (Wildman–Crippen LogP) is 5.95. The SMILES string of the molecule is C.CNS(=O)(=O)c1ccc(CC#N)cc1S(=O)(=O)CC(=O)Cc1nc(C)cc(C)c1C#N.COc1cc(C)c(C#N)c(CC(=O)CS(=O)(=O)c2cc(CC#N)ccc2S(=O)(=O)N(C)C)n1.[C-]#[N+]Cc1cccc(S(=O)(=O)CC(=O)Cc2nc(C)cc(C)c2C#N)c1S(=O)(=O)NC.[C-]#[N+]Cc1cccc(S(=O)(=O)CC(=O)Cc2nc(OC)cc(C)c2C#N)c1S(=O)(=O)N(C)C. The first-order valence-corrected chi connectivity index (χ1v) is 49.4. The smallest absolute Gasteiger partial charge is 0.244 e. The van der Waals surface area contributed by atoms with Gasteiger partial charge in [0.25, 0.3) is 0 Å². The molecule has 0 aliphatic heterocycles. The lowest BCUT2D eigenvalue weighted by Gasteiger charge is -2.17. The van der Waals surface area contributed by atoms with Gasteiger partial charge in [0.05, 0.1) is 141 Å². The first-order chi connectivity index (χ1) is 59.7. The van der Waals surface area contributed by atoms with E-state index in [1.807, 2.05) is 36.4 Å².